The Hall–Kier alpha value is -2.66. The van der Waals surface area contributed by atoms with Crippen LogP contribution in [0.2, 0.25) is 0 Å². The van der Waals surface area contributed by atoms with Crippen molar-refractivity contribution in [2.45, 2.75) is 32.7 Å². The molecule has 0 unspecified atom stereocenters. The zero-order valence-corrected chi connectivity index (χ0v) is 18.8. The van der Waals surface area contributed by atoms with Gasteiger partial charge in [-0.15, -0.1) is 0 Å². The molecule has 1 atom stereocenters. The lowest BCUT2D eigenvalue weighted by Gasteiger charge is -2.40. The second kappa shape index (κ2) is 6.95. The van der Waals surface area contributed by atoms with Gasteiger partial charge in [0, 0.05) is 44.9 Å². The van der Waals surface area contributed by atoms with E-state index >= 15 is 0 Å². The Kier molecular flexibility index (Phi) is 4.47. The third-order valence-electron chi connectivity index (χ3n) is 6.10. The normalized spacial score (nSPS) is 19.9. The Balaban J connectivity index is 1.82. The zero-order valence-electron chi connectivity index (χ0n) is 17.3. The van der Waals surface area contributed by atoms with Crippen molar-refractivity contribution in [3.63, 3.8) is 0 Å². The highest BCUT2D eigenvalue weighted by molar-refractivity contribution is 9.10. The number of allylic oxidation sites excluding steroid dienone is 1. The standard InChI is InChI=1S/C25H23BrN2O2/c1-25(2)12-17-22-15-5-4-10-27-18(15)7-8-19(22)28-24(23(17)20(29)13-25)16-11-14(26)6-9-21(16)30-3/h4-11,24,28H,12-13H2,1-3H3/t24-/m0/s1. The van der Waals surface area contributed by atoms with Crippen LogP contribution in [-0.4, -0.2) is 17.9 Å². The van der Waals surface area contributed by atoms with Crippen LogP contribution in [0, 0.1) is 5.41 Å². The van der Waals surface area contributed by atoms with E-state index in [1.807, 2.05) is 36.5 Å². The van der Waals surface area contributed by atoms with E-state index in [1.165, 1.54) is 0 Å². The molecule has 1 aliphatic carbocycles. The van der Waals surface area contributed by atoms with Gasteiger partial charge in [-0.05, 0) is 53.8 Å². The number of benzene rings is 2. The molecule has 0 fully saturated rings. The van der Waals surface area contributed by atoms with E-state index in [9.17, 15) is 4.79 Å². The first kappa shape index (κ1) is 19.3. The number of anilines is 1. The second-order valence-electron chi connectivity index (χ2n) is 8.86. The maximum atomic E-state index is 13.5. The fourth-order valence-electron chi connectivity index (χ4n) is 4.88. The molecule has 5 heteroatoms. The molecule has 0 spiro atoms. The lowest BCUT2D eigenvalue weighted by atomic mass is 9.68. The largest absolute Gasteiger partial charge is 0.496 e. The highest BCUT2D eigenvalue weighted by atomic mass is 79.9. The number of rotatable bonds is 2. The number of hydrogen-bond acceptors (Lipinski definition) is 4. The molecule has 4 nitrogen and oxygen atoms in total. The summed E-state index contributed by atoms with van der Waals surface area (Å²) in [6, 6.07) is 13.9. The highest BCUT2D eigenvalue weighted by Crippen LogP contribution is 2.52. The summed E-state index contributed by atoms with van der Waals surface area (Å²) in [5.74, 6) is 0.971. The summed E-state index contributed by atoms with van der Waals surface area (Å²) < 4.78 is 6.62. The number of ketones is 1. The van der Waals surface area contributed by atoms with Gasteiger partial charge in [-0.1, -0.05) is 35.8 Å². The van der Waals surface area contributed by atoms with Crippen molar-refractivity contribution in [1.29, 1.82) is 0 Å². The number of hydrogen-bond donors (Lipinski definition) is 1. The minimum absolute atomic E-state index is 0.0825. The molecule has 2 aliphatic rings. The van der Waals surface area contributed by atoms with E-state index in [0.29, 0.717) is 6.42 Å². The molecule has 1 aliphatic heterocycles. The average molecular weight is 463 g/mol. The number of nitrogens with one attached hydrogen (secondary N) is 1. The van der Waals surface area contributed by atoms with Crippen molar-refractivity contribution in [1.82, 2.24) is 4.98 Å². The van der Waals surface area contributed by atoms with Crippen LogP contribution in [0.1, 0.15) is 43.9 Å². The molecule has 0 bridgehead atoms. The van der Waals surface area contributed by atoms with Crippen molar-refractivity contribution in [2.75, 3.05) is 12.4 Å². The molecule has 1 aromatic heterocycles. The average Bonchev–Trinajstić information content (AvgIpc) is 2.71. The smallest absolute Gasteiger partial charge is 0.162 e. The van der Waals surface area contributed by atoms with Gasteiger partial charge in [-0.2, -0.15) is 0 Å². The van der Waals surface area contributed by atoms with E-state index in [0.717, 1.165) is 55.5 Å². The maximum Gasteiger partial charge on any atom is 0.162 e. The molecule has 2 aromatic carbocycles. The van der Waals surface area contributed by atoms with Crippen LogP contribution < -0.4 is 10.1 Å². The Morgan fingerprint density at radius 3 is 2.80 bits per heavy atom. The number of fused-ring (bicyclic) bond motifs is 4. The minimum atomic E-state index is -0.252. The number of pyridine rings is 1. The van der Waals surface area contributed by atoms with Gasteiger partial charge in [0.05, 0.1) is 18.7 Å². The van der Waals surface area contributed by atoms with Gasteiger partial charge in [-0.25, -0.2) is 0 Å². The number of ether oxygens (including phenoxy) is 1. The predicted molar refractivity (Wildman–Crippen MR) is 124 cm³/mol. The lowest BCUT2D eigenvalue weighted by molar-refractivity contribution is -0.118. The van der Waals surface area contributed by atoms with Crippen molar-refractivity contribution in [3.8, 4) is 5.75 Å². The van der Waals surface area contributed by atoms with Gasteiger partial charge in [0.1, 0.15) is 5.75 Å². The van der Waals surface area contributed by atoms with Crippen LogP contribution in [0.5, 0.6) is 5.75 Å². The summed E-state index contributed by atoms with van der Waals surface area (Å²) in [5, 5.41) is 4.74. The Morgan fingerprint density at radius 2 is 2.00 bits per heavy atom. The fourth-order valence-corrected chi connectivity index (χ4v) is 5.26. The SMILES string of the molecule is COc1ccc(Br)cc1[C@@H]1Nc2ccc3ncccc3c2C2=C1C(=O)CC(C)(C)C2. The number of nitrogens with zero attached hydrogens (tertiary/aromatic N) is 1. The third kappa shape index (κ3) is 3.03. The van der Waals surface area contributed by atoms with Crippen LogP contribution in [0.15, 0.2) is 58.7 Å². The molecule has 0 radical (unpaired) electrons. The molecule has 152 valence electrons. The van der Waals surface area contributed by atoms with Gasteiger partial charge in [-0.3, -0.25) is 9.78 Å². The quantitative estimate of drug-likeness (QED) is 0.484. The molecule has 0 amide bonds. The molecule has 0 saturated carbocycles. The molecular formula is C25H23BrN2O2. The van der Waals surface area contributed by atoms with E-state index in [-0.39, 0.29) is 17.2 Å². The molecule has 30 heavy (non-hydrogen) atoms. The van der Waals surface area contributed by atoms with E-state index < -0.39 is 0 Å². The first-order valence-corrected chi connectivity index (χ1v) is 10.9. The number of halogens is 1. The monoisotopic (exact) mass is 462 g/mol. The van der Waals surface area contributed by atoms with E-state index in [1.54, 1.807) is 7.11 Å². The van der Waals surface area contributed by atoms with Gasteiger partial charge in [0.25, 0.3) is 0 Å². The summed E-state index contributed by atoms with van der Waals surface area (Å²) in [6.45, 7) is 4.35. The summed E-state index contributed by atoms with van der Waals surface area (Å²) in [5.41, 5.74) is 5.96. The number of carbonyl (C=O) groups excluding carboxylic acids is 1. The van der Waals surface area contributed by atoms with Gasteiger partial charge < -0.3 is 10.1 Å². The topological polar surface area (TPSA) is 51.2 Å². The molecule has 2 heterocycles. The zero-order chi connectivity index (χ0) is 21.0. The first-order chi connectivity index (χ1) is 14.4. The maximum absolute atomic E-state index is 13.5. The van der Waals surface area contributed by atoms with Crippen LogP contribution in [0.25, 0.3) is 16.5 Å². The molecule has 3 aromatic rings. The van der Waals surface area contributed by atoms with Crippen LogP contribution in [0.4, 0.5) is 5.69 Å². The van der Waals surface area contributed by atoms with E-state index in [4.69, 9.17) is 4.74 Å². The van der Waals surface area contributed by atoms with Crippen molar-refractivity contribution >= 4 is 43.9 Å². The molecular weight excluding hydrogens is 440 g/mol. The van der Waals surface area contributed by atoms with Crippen molar-refractivity contribution in [3.05, 3.63) is 69.8 Å². The number of carbonyl (C=O) groups is 1. The molecule has 1 N–H and O–H groups in total. The summed E-state index contributed by atoms with van der Waals surface area (Å²) in [4.78, 5) is 18.0. The number of methoxy groups -OCH3 is 1. The molecule has 5 rings (SSSR count). The highest BCUT2D eigenvalue weighted by Gasteiger charge is 2.41. The van der Waals surface area contributed by atoms with Gasteiger partial charge in [0.15, 0.2) is 5.78 Å². The van der Waals surface area contributed by atoms with Crippen molar-refractivity contribution < 1.29 is 9.53 Å². The fraction of sp³-hybridized carbons (Fsp3) is 0.280. The Labute approximate surface area is 184 Å². The van der Waals surface area contributed by atoms with E-state index in [2.05, 4.69) is 52.2 Å². The Morgan fingerprint density at radius 1 is 1.17 bits per heavy atom. The number of Topliss-reactive ketones (excluding diaryl/α,β-unsaturated/α-hetero) is 1. The van der Waals surface area contributed by atoms with Crippen LogP contribution in [-0.2, 0) is 4.79 Å². The summed E-state index contributed by atoms with van der Waals surface area (Å²) in [7, 11) is 1.67. The van der Waals surface area contributed by atoms with Gasteiger partial charge in [0.2, 0.25) is 0 Å². The number of aromatic nitrogens is 1. The van der Waals surface area contributed by atoms with Crippen LogP contribution in [0.3, 0.4) is 0 Å². The van der Waals surface area contributed by atoms with Crippen molar-refractivity contribution in [2.24, 2.45) is 5.41 Å². The lowest BCUT2D eigenvalue weighted by Crippen LogP contribution is -2.33. The third-order valence-corrected chi connectivity index (χ3v) is 6.59. The van der Waals surface area contributed by atoms with Gasteiger partial charge >= 0.3 is 0 Å². The minimum Gasteiger partial charge on any atom is -0.496 e. The summed E-state index contributed by atoms with van der Waals surface area (Å²) >= 11 is 3.59. The second-order valence-corrected chi connectivity index (χ2v) is 9.77. The van der Waals surface area contributed by atoms with Crippen LogP contribution >= 0.6 is 15.9 Å². The summed E-state index contributed by atoms with van der Waals surface area (Å²) in [6.07, 6.45) is 3.20. The Bertz CT molecular complexity index is 1230. The first-order valence-electron chi connectivity index (χ1n) is 10.1. The predicted octanol–water partition coefficient (Wildman–Crippen LogP) is 6.32. The molecule has 0 saturated heterocycles.